The van der Waals surface area contributed by atoms with E-state index in [9.17, 15) is 23.1 Å². The van der Waals surface area contributed by atoms with E-state index in [1.165, 1.54) is 0 Å². The molecule has 0 unspecified atom stereocenters. The number of carbonyl (C=O) groups is 1. The Balaban J connectivity index is 1.40. The second-order valence-electron chi connectivity index (χ2n) is 12.8. The molecule has 7 nitrogen and oxygen atoms in total. The van der Waals surface area contributed by atoms with Crippen molar-refractivity contribution in [1.82, 2.24) is 15.5 Å². The Labute approximate surface area is 237 Å². The largest absolute Gasteiger partial charge is 0.471 e. The van der Waals surface area contributed by atoms with Gasteiger partial charge in [0, 0.05) is 17.8 Å². The van der Waals surface area contributed by atoms with Gasteiger partial charge in [0.05, 0.1) is 5.60 Å². The topological polar surface area (TPSA) is 91.5 Å². The summed E-state index contributed by atoms with van der Waals surface area (Å²) in [5, 5.41) is 17.0. The first kappa shape index (κ1) is 28.9. The minimum atomic E-state index is -4.68. The highest BCUT2D eigenvalue weighted by molar-refractivity contribution is 5.93. The summed E-state index contributed by atoms with van der Waals surface area (Å²) in [6.07, 6.45) is -2.14. The van der Waals surface area contributed by atoms with Crippen LogP contribution >= 0.6 is 0 Å². The molecular formula is C31H35F3N4O3. The molecule has 2 bridgehead atoms. The van der Waals surface area contributed by atoms with E-state index in [1.54, 1.807) is 18.7 Å². The number of halogens is 3. The summed E-state index contributed by atoms with van der Waals surface area (Å²) in [4.78, 5) is 19.0. The fraction of sp³-hybridized carbons (Fsp3) is 0.452. The molecule has 41 heavy (non-hydrogen) atoms. The second kappa shape index (κ2) is 10.0. The normalized spacial score (nSPS) is 16.8. The predicted molar refractivity (Wildman–Crippen MR) is 150 cm³/mol. The van der Waals surface area contributed by atoms with E-state index in [1.807, 2.05) is 69.3 Å². The Kier molecular flexibility index (Phi) is 7.04. The summed E-state index contributed by atoms with van der Waals surface area (Å²) in [5.74, 6) is -1.33. The van der Waals surface area contributed by atoms with Gasteiger partial charge in [-0.3, -0.25) is 4.90 Å². The molecule has 218 valence electrons. The zero-order chi connectivity index (χ0) is 29.8. The first-order valence-corrected chi connectivity index (χ1v) is 13.7. The Morgan fingerprint density at radius 3 is 2.27 bits per heavy atom. The number of fused-ring (bicyclic) bond motifs is 2. The smallest absolute Gasteiger partial charge is 0.386 e. The number of urea groups is 1. The highest BCUT2D eigenvalue weighted by Crippen LogP contribution is 2.57. The molecule has 1 saturated carbocycles. The molecule has 0 spiro atoms. The fourth-order valence-electron chi connectivity index (χ4n) is 5.66. The molecule has 2 aromatic carbocycles. The summed E-state index contributed by atoms with van der Waals surface area (Å²) >= 11 is 0. The molecule has 6 rings (SSSR count). The van der Waals surface area contributed by atoms with Crippen LogP contribution in [0, 0.1) is 5.41 Å². The first-order valence-electron chi connectivity index (χ1n) is 13.7. The summed E-state index contributed by atoms with van der Waals surface area (Å²) in [5.41, 5.74) is 3.62. The Bertz CT molecular complexity index is 1470. The van der Waals surface area contributed by atoms with E-state index in [4.69, 9.17) is 0 Å². The van der Waals surface area contributed by atoms with Crippen molar-refractivity contribution >= 4 is 17.3 Å². The molecule has 3 aliphatic rings. The number of allylic oxidation sites excluding steroid dienone is 2. The van der Waals surface area contributed by atoms with E-state index in [0.717, 1.165) is 28.0 Å². The monoisotopic (exact) mass is 568 g/mol. The van der Waals surface area contributed by atoms with Crippen molar-refractivity contribution in [2.75, 3.05) is 11.4 Å². The molecule has 3 aliphatic carbocycles. The van der Waals surface area contributed by atoms with Crippen LogP contribution in [0.25, 0.3) is 16.7 Å². The van der Waals surface area contributed by atoms with Gasteiger partial charge in [-0.2, -0.15) is 18.2 Å². The maximum Gasteiger partial charge on any atom is 0.471 e. The number of anilines is 1. The molecule has 1 fully saturated rings. The molecule has 2 N–H and O–H groups in total. The quantitative estimate of drug-likeness (QED) is 0.325. The van der Waals surface area contributed by atoms with Gasteiger partial charge in [-0.05, 0) is 100 Å². The van der Waals surface area contributed by atoms with Gasteiger partial charge in [0.25, 0.3) is 0 Å². The van der Waals surface area contributed by atoms with Crippen LogP contribution in [-0.4, -0.2) is 33.4 Å². The lowest BCUT2D eigenvalue weighted by Crippen LogP contribution is -2.54. The molecule has 1 heterocycles. The maximum absolute atomic E-state index is 13.6. The van der Waals surface area contributed by atoms with Crippen molar-refractivity contribution in [3.63, 3.8) is 0 Å². The van der Waals surface area contributed by atoms with Crippen LogP contribution < -0.4 is 10.2 Å². The van der Waals surface area contributed by atoms with Crippen LogP contribution in [0.2, 0.25) is 0 Å². The Morgan fingerprint density at radius 1 is 1.05 bits per heavy atom. The third-order valence-corrected chi connectivity index (χ3v) is 7.75. The van der Waals surface area contributed by atoms with E-state index >= 15 is 0 Å². The lowest BCUT2D eigenvalue weighted by molar-refractivity contribution is -0.159. The van der Waals surface area contributed by atoms with Crippen LogP contribution in [0.15, 0.2) is 58.6 Å². The number of benzene rings is 2. The van der Waals surface area contributed by atoms with E-state index in [0.29, 0.717) is 37.8 Å². The highest BCUT2D eigenvalue weighted by Gasteiger charge is 2.48. The number of hydrogen-bond acceptors (Lipinski definition) is 5. The minimum absolute atomic E-state index is 0.00580. The van der Waals surface area contributed by atoms with Crippen LogP contribution in [0.5, 0.6) is 0 Å². The molecular weight excluding hydrogens is 533 g/mol. The molecule has 0 radical (unpaired) electrons. The summed E-state index contributed by atoms with van der Waals surface area (Å²) < 4.78 is 43.4. The van der Waals surface area contributed by atoms with Gasteiger partial charge in [0.2, 0.25) is 0 Å². The number of nitrogens with zero attached hydrogens (tertiary/aromatic N) is 3. The Morgan fingerprint density at radius 2 is 1.73 bits per heavy atom. The Hall–Kier alpha value is -3.66. The van der Waals surface area contributed by atoms with Crippen molar-refractivity contribution in [3.8, 4) is 11.1 Å². The minimum Gasteiger partial charge on any atom is -0.386 e. The summed E-state index contributed by atoms with van der Waals surface area (Å²) in [6.45, 7) is 9.74. The number of amides is 2. The lowest BCUT2D eigenvalue weighted by atomic mass is 9.57. The average Bonchev–Trinajstić information content (AvgIpc) is 3.37. The van der Waals surface area contributed by atoms with Crippen LogP contribution in [0.4, 0.5) is 23.7 Å². The average molecular weight is 569 g/mol. The molecule has 1 aromatic heterocycles. The zero-order valence-electron chi connectivity index (χ0n) is 23.9. The third kappa shape index (κ3) is 6.17. The summed E-state index contributed by atoms with van der Waals surface area (Å²) in [6, 6.07) is 15.3. The number of aromatic nitrogens is 2. The molecule has 2 amide bonds. The molecule has 0 atom stereocenters. The summed E-state index contributed by atoms with van der Waals surface area (Å²) in [7, 11) is 0. The maximum atomic E-state index is 13.6. The van der Waals surface area contributed by atoms with E-state index in [2.05, 4.69) is 20.0 Å². The van der Waals surface area contributed by atoms with Gasteiger partial charge < -0.3 is 14.9 Å². The second-order valence-corrected chi connectivity index (χ2v) is 12.8. The van der Waals surface area contributed by atoms with Crippen LogP contribution in [-0.2, 0) is 11.8 Å². The molecule has 3 aromatic rings. The molecule has 0 aliphatic heterocycles. The number of alkyl halides is 3. The van der Waals surface area contributed by atoms with Crippen molar-refractivity contribution in [1.29, 1.82) is 0 Å². The number of carbonyl (C=O) groups excluding carboxylic acids is 1. The van der Waals surface area contributed by atoms with Gasteiger partial charge in [-0.25, -0.2) is 4.79 Å². The predicted octanol–water partition coefficient (Wildman–Crippen LogP) is 7.33. The number of hydrogen-bond donors (Lipinski definition) is 2. The van der Waals surface area contributed by atoms with Gasteiger partial charge in [-0.15, -0.1) is 0 Å². The van der Waals surface area contributed by atoms with Gasteiger partial charge >= 0.3 is 18.1 Å². The van der Waals surface area contributed by atoms with E-state index in [-0.39, 0.29) is 17.3 Å². The SMILES string of the molecule is CC(C)(C)NC(=O)N(CC12CCC(c3noc(C(F)(F)F)n3)=C(C1)C2)c1cccc(-c2ccc(C(C)(C)O)cc2)c1. The lowest BCUT2D eigenvalue weighted by Gasteiger charge is -2.51. The van der Waals surface area contributed by atoms with Gasteiger partial charge in [0.1, 0.15) is 0 Å². The van der Waals surface area contributed by atoms with Crippen molar-refractivity contribution < 1.29 is 27.6 Å². The molecule has 10 heteroatoms. The van der Waals surface area contributed by atoms with E-state index < -0.39 is 23.2 Å². The van der Waals surface area contributed by atoms with Gasteiger partial charge in [-0.1, -0.05) is 47.1 Å². The fourth-order valence-corrected chi connectivity index (χ4v) is 5.66. The first-order chi connectivity index (χ1) is 19.0. The molecule has 0 saturated heterocycles. The van der Waals surface area contributed by atoms with Crippen LogP contribution in [0.3, 0.4) is 0 Å². The number of rotatable bonds is 6. The van der Waals surface area contributed by atoms with Crippen molar-refractivity contribution in [3.05, 3.63) is 71.4 Å². The third-order valence-electron chi connectivity index (χ3n) is 7.75. The zero-order valence-corrected chi connectivity index (χ0v) is 23.9. The number of aliphatic hydroxyl groups is 1. The van der Waals surface area contributed by atoms with Crippen LogP contribution in [0.1, 0.15) is 77.6 Å². The highest BCUT2D eigenvalue weighted by atomic mass is 19.4. The number of nitrogens with one attached hydrogen (secondary N) is 1. The van der Waals surface area contributed by atoms with Crippen molar-refractivity contribution in [2.24, 2.45) is 5.41 Å². The standard InChI is InChI=1S/C31H35F3N4O3/c1-28(2,3)36-27(39)38(23-8-6-7-20(15-23)19-9-11-22(12-10-19)29(4,5)40)18-30-14-13-24(21(16-30)17-30)25-35-26(41-37-25)31(32,33)34/h6-12,15,40H,13-14,16-18H2,1-5H3,(H,36,39). The van der Waals surface area contributed by atoms with Gasteiger partial charge in [0.15, 0.2) is 5.82 Å². The van der Waals surface area contributed by atoms with Crippen molar-refractivity contribution in [2.45, 2.75) is 77.6 Å².